The van der Waals surface area contributed by atoms with E-state index in [1.54, 1.807) is 32.4 Å². The number of carbonyl (C=O) groups excluding carboxylic acids is 3. The molecular formula is C42H32ClNO6. The van der Waals surface area contributed by atoms with Crippen molar-refractivity contribution in [1.82, 2.24) is 0 Å². The van der Waals surface area contributed by atoms with Gasteiger partial charge >= 0.3 is 0 Å². The molecule has 2 fully saturated rings. The number of allylic oxidation sites excluding steroid dienone is 2. The van der Waals surface area contributed by atoms with Gasteiger partial charge in [0, 0.05) is 5.02 Å². The van der Waals surface area contributed by atoms with E-state index in [0.717, 1.165) is 11.1 Å². The van der Waals surface area contributed by atoms with Crippen molar-refractivity contribution in [3.63, 3.8) is 0 Å². The molecule has 3 aliphatic rings. The highest BCUT2D eigenvalue weighted by Crippen LogP contribution is 2.74. The molecule has 1 saturated carbocycles. The summed E-state index contributed by atoms with van der Waals surface area (Å²) in [6, 6.07) is 38.7. The van der Waals surface area contributed by atoms with Gasteiger partial charge < -0.3 is 14.2 Å². The van der Waals surface area contributed by atoms with Crippen molar-refractivity contribution in [3.8, 4) is 17.2 Å². The zero-order chi connectivity index (χ0) is 34.8. The van der Waals surface area contributed by atoms with Crippen molar-refractivity contribution in [3.05, 3.63) is 155 Å². The van der Waals surface area contributed by atoms with E-state index in [0.29, 0.717) is 44.5 Å². The first kappa shape index (κ1) is 31.6. The van der Waals surface area contributed by atoms with Crippen molar-refractivity contribution in [2.45, 2.75) is 10.8 Å². The minimum absolute atomic E-state index is 0.214. The Hall–Kier alpha value is -5.66. The van der Waals surface area contributed by atoms with Gasteiger partial charge in [0.05, 0.1) is 49.7 Å². The minimum Gasteiger partial charge on any atom is -0.497 e. The molecule has 7 nitrogen and oxygen atoms in total. The lowest BCUT2D eigenvalue weighted by Crippen LogP contribution is -2.45. The summed E-state index contributed by atoms with van der Waals surface area (Å²) in [6.45, 7) is 0. The molecular weight excluding hydrogens is 650 g/mol. The van der Waals surface area contributed by atoms with Gasteiger partial charge in [-0.15, -0.1) is 0 Å². The summed E-state index contributed by atoms with van der Waals surface area (Å²) >= 11 is 6.48. The van der Waals surface area contributed by atoms with Gasteiger partial charge in [-0.3, -0.25) is 14.4 Å². The number of nitrogens with zero attached hydrogens (tertiary/aromatic N) is 1. The molecule has 0 N–H and O–H groups in total. The number of hydrogen-bond acceptors (Lipinski definition) is 6. The standard InChI is InChI=1S/C42H32ClNO6/c1-48-30-19-14-25(15-20-30)34-35(26-16-21-31(49-2)22-17-26)42(28-12-8-5-9-13-28)37-36(41(34,40(42)47)27-10-6-4-7-11-27)38(45)44(39(37)46)32-24-29(43)18-23-33(32)50-3/h4-24,36-37H,1-3H3/t36-,37-,41+,42+/m0/s1. The number of hydrogen-bond donors (Lipinski definition) is 0. The Balaban J connectivity index is 1.54. The number of Topliss-reactive ketones (excluding diaryl/α,β-unsaturated/α-hetero) is 1. The molecule has 0 aromatic heterocycles. The van der Waals surface area contributed by atoms with Gasteiger partial charge in [-0.1, -0.05) is 96.5 Å². The predicted octanol–water partition coefficient (Wildman–Crippen LogP) is 7.55. The quantitative estimate of drug-likeness (QED) is 0.157. The number of benzene rings is 5. The number of rotatable bonds is 8. The molecule has 5 aromatic rings. The maximum Gasteiger partial charge on any atom is 0.239 e. The number of ketones is 1. The molecule has 248 valence electrons. The molecule has 1 heterocycles. The third kappa shape index (κ3) is 4.07. The van der Waals surface area contributed by atoms with Gasteiger partial charge in [-0.05, 0) is 75.9 Å². The molecule has 0 unspecified atom stereocenters. The second-order valence-corrected chi connectivity index (χ2v) is 13.1. The van der Waals surface area contributed by atoms with E-state index < -0.39 is 34.5 Å². The van der Waals surface area contributed by atoms with Crippen LogP contribution in [0.15, 0.2) is 127 Å². The average molecular weight is 682 g/mol. The van der Waals surface area contributed by atoms with Crippen molar-refractivity contribution in [2.75, 3.05) is 26.2 Å². The van der Waals surface area contributed by atoms with Crippen molar-refractivity contribution in [1.29, 1.82) is 0 Å². The van der Waals surface area contributed by atoms with Crippen molar-refractivity contribution < 1.29 is 28.6 Å². The average Bonchev–Trinajstić information content (AvgIpc) is 3.67. The summed E-state index contributed by atoms with van der Waals surface area (Å²) in [7, 11) is 4.67. The van der Waals surface area contributed by atoms with E-state index in [4.69, 9.17) is 25.8 Å². The zero-order valence-electron chi connectivity index (χ0n) is 27.6. The van der Waals surface area contributed by atoms with Crippen LogP contribution in [0.3, 0.4) is 0 Å². The molecule has 0 spiro atoms. The fraction of sp³-hybridized carbons (Fsp3) is 0.167. The first-order valence-corrected chi connectivity index (χ1v) is 16.6. The third-order valence-electron chi connectivity index (χ3n) is 10.6. The molecule has 8 rings (SSSR count). The molecule has 2 bridgehead atoms. The summed E-state index contributed by atoms with van der Waals surface area (Å²) in [4.78, 5) is 47.8. The van der Waals surface area contributed by atoms with Crippen LogP contribution in [0.1, 0.15) is 22.3 Å². The second kappa shape index (κ2) is 11.7. The Morgan fingerprint density at radius 3 is 1.40 bits per heavy atom. The normalized spacial score (nSPS) is 23.8. The lowest BCUT2D eigenvalue weighted by molar-refractivity contribution is -0.130. The Morgan fingerprint density at radius 2 is 1.00 bits per heavy atom. The maximum atomic E-state index is 16.1. The molecule has 5 aromatic carbocycles. The monoisotopic (exact) mass is 681 g/mol. The van der Waals surface area contributed by atoms with Crippen LogP contribution < -0.4 is 19.1 Å². The summed E-state index contributed by atoms with van der Waals surface area (Å²) < 4.78 is 16.7. The van der Waals surface area contributed by atoms with Gasteiger partial charge in [0.25, 0.3) is 0 Å². The molecule has 4 atom stereocenters. The highest BCUT2D eigenvalue weighted by atomic mass is 35.5. The van der Waals surface area contributed by atoms with E-state index in [-0.39, 0.29) is 11.5 Å². The predicted molar refractivity (Wildman–Crippen MR) is 192 cm³/mol. The zero-order valence-corrected chi connectivity index (χ0v) is 28.3. The topological polar surface area (TPSA) is 82.1 Å². The Labute approximate surface area is 294 Å². The molecule has 2 aliphatic carbocycles. The van der Waals surface area contributed by atoms with Crippen LogP contribution in [-0.4, -0.2) is 38.9 Å². The van der Waals surface area contributed by atoms with Crippen molar-refractivity contribution in [2.24, 2.45) is 11.8 Å². The Bertz CT molecular complexity index is 2070. The number of methoxy groups -OCH3 is 3. The van der Waals surface area contributed by atoms with E-state index in [1.807, 2.05) is 109 Å². The molecule has 2 amide bonds. The van der Waals surface area contributed by atoms with Gasteiger partial charge in [0.2, 0.25) is 11.8 Å². The maximum absolute atomic E-state index is 16.1. The number of fused-ring (bicyclic) bond motifs is 5. The second-order valence-electron chi connectivity index (χ2n) is 12.7. The fourth-order valence-electron chi connectivity index (χ4n) is 8.72. The Morgan fingerprint density at radius 1 is 0.560 bits per heavy atom. The third-order valence-corrected chi connectivity index (χ3v) is 10.8. The van der Waals surface area contributed by atoms with E-state index in [9.17, 15) is 0 Å². The number of halogens is 1. The highest BCUT2D eigenvalue weighted by molar-refractivity contribution is 6.39. The van der Waals surface area contributed by atoms with Crippen LogP contribution in [0.2, 0.25) is 5.02 Å². The lowest BCUT2D eigenvalue weighted by Gasteiger charge is -2.39. The Kier molecular flexibility index (Phi) is 7.42. The van der Waals surface area contributed by atoms with Crippen LogP contribution in [-0.2, 0) is 25.2 Å². The van der Waals surface area contributed by atoms with Gasteiger partial charge in [0.15, 0.2) is 5.78 Å². The summed E-state index contributed by atoms with van der Waals surface area (Å²) in [5, 5.41) is 0.337. The first-order chi connectivity index (χ1) is 24.3. The van der Waals surface area contributed by atoms with Crippen LogP contribution in [0.4, 0.5) is 5.69 Å². The number of ether oxygens (including phenoxy) is 3. The largest absolute Gasteiger partial charge is 0.497 e. The summed E-state index contributed by atoms with van der Waals surface area (Å²) in [5.74, 6) is -1.77. The van der Waals surface area contributed by atoms with E-state index in [1.165, 1.54) is 12.0 Å². The molecule has 8 heteroatoms. The number of imide groups is 1. The van der Waals surface area contributed by atoms with E-state index in [2.05, 4.69) is 0 Å². The van der Waals surface area contributed by atoms with Crippen LogP contribution in [0.25, 0.3) is 11.1 Å². The SMILES string of the molecule is COc1ccc(C2=C(c3ccc(OC)cc3)[C@@]3(c4ccccc4)C(=O)[C@@]2(c2ccccc2)[C@@H]2C(=O)N(c4cc(Cl)ccc4OC)C(=O)[C@H]23)cc1. The molecule has 0 radical (unpaired) electrons. The van der Waals surface area contributed by atoms with Crippen molar-refractivity contribution >= 4 is 46.0 Å². The number of anilines is 1. The van der Waals surface area contributed by atoms with E-state index >= 15 is 14.4 Å². The summed E-state index contributed by atoms with van der Waals surface area (Å²) in [6.07, 6.45) is 0. The molecule has 1 aliphatic heterocycles. The first-order valence-electron chi connectivity index (χ1n) is 16.2. The van der Waals surface area contributed by atoms with Crippen LogP contribution in [0.5, 0.6) is 17.2 Å². The highest BCUT2D eigenvalue weighted by Gasteiger charge is 2.82. The van der Waals surface area contributed by atoms with Gasteiger partial charge in [-0.2, -0.15) is 0 Å². The number of amides is 2. The summed E-state index contributed by atoms with van der Waals surface area (Å²) in [5.41, 5.74) is 1.22. The lowest BCUT2D eigenvalue weighted by atomic mass is 9.59. The smallest absolute Gasteiger partial charge is 0.239 e. The fourth-order valence-corrected chi connectivity index (χ4v) is 8.88. The molecule has 50 heavy (non-hydrogen) atoms. The number of carbonyl (C=O) groups is 3. The molecule has 1 saturated heterocycles. The van der Waals surface area contributed by atoms with Gasteiger partial charge in [-0.25, -0.2) is 4.90 Å². The van der Waals surface area contributed by atoms with Gasteiger partial charge in [0.1, 0.15) is 17.2 Å². The minimum atomic E-state index is -1.56. The van der Waals surface area contributed by atoms with Crippen LogP contribution in [0, 0.1) is 11.8 Å². The van der Waals surface area contributed by atoms with Crippen LogP contribution >= 0.6 is 11.6 Å².